The van der Waals surface area contributed by atoms with E-state index in [9.17, 15) is 0 Å². The maximum absolute atomic E-state index is 5.46. The van der Waals surface area contributed by atoms with Crippen LogP contribution in [0.5, 0.6) is 0 Å². The Balaban J connectivity index is 1.81. The minimum atomic E-state index is 0.513. The summed E-state index contributed by atoms with van der Waals surface area (Å²) in [5.74, 6) is 1.20. The van der Waals surface area contributed by atoms with Gasteiger partial charge in [-0.2, -0.15) is 4.98 Å². The SMILES string of the molecule is Nc1ccc(NCCc2ncon2)cn1. The van der Waals surface area contributed by atoms with Gasteiger partial charge in [-0.25, -0.2) is 4.98 Å². The van der Waals surface area contributed by atoms with E-state index in [1.165, 1.54) is 6.39 Å². The second kappa shape index (κ2) is 4.41. The van der Waals surface area contributed by atoms with Gasteiger partial charge in [-0.1, -0.05) is 5.16 Å². The molecule has 2 aromatic heterocycles. The molecule has 0 unspecified atom stereocenters. The molecule has 2 heterocycles. The van der Waals surface area contributed by atoms with E-state index in [1.54, 1.807) is 12.3 Å². The highest BCUT2D eigenvalue weighted by Gasteiger charge is 1.98. The van der Waals surface area contributed by atoms with Crippen LogP contribution in [0, 0.1) is 0 Å². The molecule has 6 nitrogen and oxygen atoms in total. The van der Waals surface area contributed by atoms with Crippen molar-refractivity contribution in [2.45, 2.75) is 6.42 Å². The minimum Gasteiger partial charge on any atom is -0.384 e. The largest absolute Gasteiger partial charge is 0.384 e. The molecule has 0 saturated heterocycles. The lowest BCUT2D eigenvalue weighted by molar-refractivity contribution is 0.410. The van der Waals surface area contributed by atoms with Crippen LogP contribution in [0.4, 0.5) is 11.5 Å². The van der Waals surface area contributed by atoms with Gasteiger partial charge in [-0.15, -0.1) is 0 Å². The normalized spacial score (nSPS) is 10.1. The summed E-state index contributed by atoms with van der Waals surface area (Å²) in [5, 5.41) is 6.87. The van der Waals surface area contributed by atoms with Crippen LogP contribution in [-0.2, 0) is 6.42 Å². The summed E-state index contributed by atoms with van der Waals surface area (Å²) in [5.41, 5.74) is 6.39. The van der Waals surface area contributed by atoms with Crippen LogP contribution in [0.1, 0.15) is 5.82 Å². The van der Waals surface area contributed by atoms with Crippen molar-refractivity contribution < 1.29 is 4.52 Å². The van der Waals surface area contributed by atoms with Gasteiger partial charge in [0.2, 0.25) is 6.39 Å². The predicted octanol–water partition coefficient (Wildman–Crippen LogP) is 0.701. The first-order chi connectivity index (χ1) is 7.34. The highest BCUT2D eigenvalue weighted by atomic mass is 16.5. The average Bonchev–Trinajstić information content (AvgIpc) is 2.74. The summed E-state index contributed by atoms with van der Waals surface area (Å²) in [6.07, 6.45) is 3.71. The first-order valence-corrected chi connectivity index (χ1v) is 4.55. The topological polar surface area (TPSA) is 89.9 Å². The Morgan fingerprint density at radius 1 is 1.33 bits per heavy atom. The number of nitrogens with two attached hydrogens (primary N) is 1. The van der Waals surface area contributed by atoms with Crippen molar-refractivity contribution in [1.29, 1.82) is 0 Å². The third-order valence-electron chi connectivity index (χ3n) is 1.87. The fraction of sp³-hybridized carbons (Fsp3) is 0.222. The number of nitrogen functional groups attached to an aromatic ring is 1. The molecule has 0 spiro atoms. The van der Waals surface area contributed by atoms with Gasteiger partial charge in [0.15, 0.2) is 5.82 Å². The summed E-state index contributed by atoms with van der Waals surface area (Å²) >= 11 is 0. The number of hydrogen-bond acceptors (Lipinski definition) is 6. The molecule has 0 amide bonds. The monoisotopic (exact) mass is 205 g/mol. The van der Waals surface area contributed by atoms with Crippen LogP contribution < -0.4 is 11.1 Å². The lowest BCUT2D eigenvalue weighted by Gasteiger charge is -2.03. The van der Waals surface area contributed by atoms with Crippen LogP contribution in [0.3, 0.4) is 0 Å². The molecule has 0 saturated carbocycles. The molecule has 2 aromatic rings. The van der Waals surface area contributed by atoms with Crippen molar-refractivity contribution in [3.8, 4) is 0 Å². The number of anilines is 2. The third-order valence-corrected chi connectivity index (χ3v) is 1.87. The second-order valence-electron chi connectivity index (χ2n) is 3.00. The Hall–Kier alpha value is -2.11. The molecule has 3 N–H and O–H groups in total. The molecule has 6 heteroatoms. The van der Waals surface area contributed by atoms with Crippen molar-refractivity contribution in [2.24, 2.45) is 0 Å². The first-order valence-electron chi connectivity index (χ1n) is 4.55. The average molecular weight is 205 g/mol. The molecule has 78 valence electrons. The fourth-order valence-electron chi connectivity index (χ4n) is 1.13. The summed E-state index contributed by atoms with van der Waals surface area (Å²) in [4.78, 5) is 7.87. The van der Waals surface area contributed by atoms with Crippen LogP contribution >= 0.6 is 0 Å². The van der Waals surface area contributed by atoms with Crippen molar-refractivity contribution in [3.05, 3.63) is 30.5 Å². The molecule has 2 rings (SSSR count). The Bertz CT molecular complexity index is 397. The number of aromatic nitrogens is 3. The highest BCUT2D eigenvalue weighted by molar-refractivity contribution is 5.45. The quantitative estimate of drug-likeness (QED) is 0.763. The van der Waals surface area contributed by atoms with E-state index < -0.39 is 0 Å². The van der Waals surface area contributed by atoms with E-state index in [2.05, 4.69) is 25.0 Å². The van der Waals surface area contributed by atoms with Crippen LogP contribution in [0.2, 0.25) is 0 Å². The van der Waals surface area contributed by atoms with E-state index in [0.717, 1.165) is 12.2 Å². The lowest BCUT2D eigenvalue weighted by Crippen LogP contribution is -2.06. The molecule has 0 aromatic carbocycles. The molecule has 0 atom stereocenters. The Kier molecular flexibility index (Phi) is 2.77. The van der Waals surface area contributed by atoms with Gasteiger partial charge in [0.1, 0.15) is 5.82 Å². The first kappa shape index (κ1) is 9.45. The number of rotatable bonds is 4. The molecule has 0 aliphatic heterocycles. The molecule has 0 radical (unpaired) electrons. The summed E-state index contributed by atoms with van der Waals surface area (Å²) in [6, 6.07) is 3.62. The van der Waals surface area contributed by atoms with E-state index in [0.29, 0.717) is 18.1 Å². The van der Waals surface area contributed by atoms with Gasteiger partial charge in [-0.3, -0.25) is 0 Å². The smallest absolute Gasteiger partial charge is 0.213 e. The molecular formula is C9H11N5O. The molecule has 0 bridgehead atoms. The number of hydrogen-bond donors (Lipinski definition) is 2. The predicted molar refractivity (Wildman–Crippen MR) is 55.1 cm³/mol. The van der Waals surface area contributed by atoms with Gasteiger partial charge in [-0.05, 0) is 12.1 Å². The molecule has 0 aliphatic carbocycles. The zero-order chi connectivity index (χ0) is 10.5. The zero-order valence-corrected chi connectivity index (χ0v) is 8.05. The van der Waals surface area contributed by atoms with Crippen LogP contribution in [-0.4, -0.2) is 21.7 Å². The number of nitrogens with zero attached hydrogens (tertiary/aromatic N) is 3. The lowest BCUT2D eigenvalue weighted by atomic mass is 10.3. The van der Waals surface area contributed by atoms with Gasteiger partial charge in [0.25, 0.3) is 0 Å². The third kappa shape index (κ3) is 2.67. The Labute approximate surface area is 86.5 Å². The second-order valence-corrected chi connectivity index (χ2v) is 3.00. The number of nitrogens with one attached hydrogen (secondary N) is 1. The molecule has 0 aliphatic rings. The summed E-state index contributed by atoms with van der Waals surface area (Å²) in [6.45, 7) is 0.727. The van der Waals surface area contributed by atoms with E-state index in [1.807, 2.05) is 6.07 Å². The maximum Gasteiger partial charge on any atom is 0.213 e. The molecule has 0 fully saturated rings. The van der Waals surface area contributed by atoms with Crippen molar-refractivity contribution in [3.63, 3.8) is 0 Å². The van der Waals surface area contributed by atoms with Crippen molar-refractivity contribution in [2.75, 3.05) is 17.6 Å². The Morgan fingerprint density at radius 3 is 2.93 bits per heavy atom. The maximum atomic E-state index is 5.46. The zero-order valence-electron chi connectivity index (χ0n) is 8.05. The van der Waals surface area contributed by atoms with E-state index in [4.69, 9.17) is 5.73 Å². The molecule has 15 heavy (non-hydrogen) atoms. The van der Waals surface area contributed by atoms with Gasteiger partial charge < -0.3 is 15.6 Å². The standard InChI is InChI=1S/C9H11N5O/c10-8-2-1-7(5-12-8)11-4-3-9-13-6-15-14-9/h1-2,5-6,11H,3-4H2,(H2,10,12). The van der Waals surface area contributed by atoms with Gasteiger partial charge in [0.05, 0.1) is 11.9 Å². The van der Waals surface area contributed by atoms with E-state index in [-0.39, 0.29) is 0 Å². The van der Waals surface area contributed by atoms with Crippen molar-refractivity contribution >= 4 is 11.5 Å². The minimum absolute atomic E-state index is 0.513. The fourth-order valence-corrected chi connectivity index (χ4v) is 1.13. The summed E-state index contributed by atoms with van der Waals surface area (Å²) < 4.78 is 4.62. The van der Waals surface area contributed by atoms with Crippen LogP contribution in [0.25, 0.3) is 0 Å². The summed E-state index contributed by atoms with van der Waals surface area (Å²) in [7, 11) is 0. The van der Waals surface area contributed by atoms with Gasteiger partial charge in [0, 0.05) is 13.0 Å². The van der Waals surface area contributed by atoms with Crippen molar-refractivity contribution in [1.82, 2.24) is 15.1 Å². The molecular weight excluding hydrogens is 194 g/mol. The van der Waals surface area contributed by atoms with E-state index >= 15 is 0 Å². The number of pyridine rings is 1. The highest BCUT2D eigenvalue weighted by Crippen LogP contribution is 2.06. The van der Waals surface area contributed by atoms with Gasteiger partial charge >= 0.3 is 0 Å². The van der Waals surface area contributed by atoms with Crippen LogP contribution in [0.15, 0.2) is 29.2 Å². The Morgan fingerprint density at radius 2 is 2.27 bits per heavy atom.